The van der Waals surface area contributed by atoms with Crippen LogP contribution in [0.15, 0.2) is 29.2 Å². The molecule has 2 rings (SSSR count). The summed E-state index contributed by atoms with van der Waals surface area (Å²) in [6.07, 6.45) is 1.28. The minimum absolute atomic E-state index is 0.0539. The Bertz CT molecular complexity index is 693. The van der Waals surface area contributed by atoms with Gasteiger partial charge in [-0.15, -0.1) is 0 Å². The Morgan fingerprint density at radius 2 is 1.58 bits per heavy atom. The first-order valence-corrected chi connectivity index (χ1v) is 9.48. The largest absolute Gasteiger partial charge is 0.339 e. The smallest absolute Gasteiger partial charge is 0.331 e. The van der Waals surface area contributed by atoms with Crippen molar-refractivity contribution >= 4 is 22.0 Å². The van der Waals surface area contributed by atoms with Crippen molar-refractivity contribution in [1.29, 1.82) is 0 Å². The number of rotatable bonds is 4. The zero-order chi connectivity index (χ0) is 17.7. The highest BCUT2D eigenvalue weighted by molar-refractivity contribution is 7.90. The summed E-state index contributed by atoms with van der Waals surface area (Å²) in [4.78, 5) is 27.2. The fourth-order valence-electron chi connectivity index (χ4n) is 2.49. The lowest BCUT2D eigenvalue weighted by molar-refractivity contribution is -0.132. The van der Waals surface area contributed by atoms with E-state index in [0.717, 1.165) is 12.0 Å². The molecule has 7 nitrogen and oxygen atoms in total. The van der Waals surface area contributed by atoms with Gasteiger partial charge in [-0.05, 0) is 25.5 Å². The Morgan fingerprint density at radius 3 is 2.12 bits per heavy atom. The molecule has 132 valence electrons. The van der Waals surface area contributed by atoms with Crippen LogP contribution in [0.5, 0.6) is 0 Å². The average Bonchev–Trinajstić information content (AvgIpc) is 2.55. The number of hydrogen-bond acceptors (Lipinski definition) is 4. The molecule has 8 heteroatoms. The van der Waals surface area contributed by atoms with E-state index in [-0.39, 0.29) is 10.8 Å². The van der Waals surface area contributed by atoms with Crippen molar-refractivity contribution in [3.63, 3.8) is 0 Å². The van der Waals surface area contributed by atoms with Crippen LogP contribution in [0.3, 0.4) is 0 Å². The van der Waals surface area contributed by atoms with Crippen molar-refractivity contribution in [2.45, 2.75) is 31.6 Å². The number of aryl methyl sites for hydroxylation is 1. The third-order valence-corrected chi connectivity index (χ3v) is 5.27. The molecular formula is C16H23N3O4S. The van der Waals surface area contributed by atoms with Crippen LogP contribution in [0.4, 0.5) is 4.79 Å². The number of nitrogens with one attached hydrogen (secondary N) is 1. The molecule has 1 heterocycles. The monoisotopic (exact) mass is 353 g/mol. The van der Waals surface area contributed by atoms with E-state index in [2.05, 4.69) is 4.72 Å². The molecule has 24 heavy (non-hydrogen) atoms. The van der Waals surface area contributed by atoms with E-state index in [0.29, 0.717) is 32.6 Å². The molecule has 1 aliphatic rings. The number of amides is 3. The van der Waals surface area contributed by atoms with Gasteiger partial charge in [-0.2, -0.15) is 0 Å². The van der Waals surface area contributed by atoms with Gasteiger partial charge < -0.3 is 9.80 Å². The number of sulfonamides is 1. The Morgan fingerprint density at radius 1 is 1.04 bits per heavy atom. The fraction of sp³-hybridized carbons (Fsp3) is 0.500. The average molecular weight is 353 g/mol. The summed E-state index contributed by atoms with van der Waals surface area (Å²) in [7, 11) is -3.89. The quantitative estimate of drug-likeness (QED) is 0.885. The lowest BCUT2D eigenvalue weighted by Crippen LogP contribution is -2.53. The first-order valence-electron chi connectivity index (χ1n) is 7.99. The second-order valence-corrected chi connectivity index (χ2v) is 7.52. The molecule has 1 aromatic rings. The Balaban J connectivity index is 1.94. The number of urea groups is 1. The van der Waals surface area contributed by atoms with Crippen LogP contribution < -0.4 is 4.72 Å². The van der Waals surface area contributed by atoms with Crippen molar-refractivity contribution in [3.05, 3.63) is 29.8 Å². The number of hydrogen-bond donors (Lipinski definition) is 1. The van der Waals surface area contributed by atoms with E-state index in [4.69, 9.17) is 0 Å². The molecule has 1 saturated heterocycles. The van der Waals surface area contributed by atoms with Crippen molar-refractivity contribution in [2.75, 3.05) is 26.2 Å². The molecule has 0 bridgehead atoms. The minimum atomic E-state index is -3.89. The maximum atomic E-state index is 12.2. The zero-order valence-electron chi connectivity index (χ0n) is 14.0. The predicted octanol–water partition coefficient (Wildman–Crippen LogP) is 1.34. The summed E-state index contributed by atoms with van der Waals surface area (Å²) in [6, 6.07) is 5.63. The van der Waals surface area contributed by atoms with E-state index in [1.807, 2.05) is 13.8 Å². The Hall–Kier alpha value is -2.09. The highest BCUT2D eigenvalue weighted by Gasteiger charge is 2.26. The van der Waals surface area contributed by atoms with Crippen LogP contribution in [-0.2, 0) is 14.8 Å². The lowest BCUT2D eigenvalue weighted by atomic mass is 10.2. The van der Waals surface area contributed by atoms with Crippen molar-refractivity contribution < 1.29 is 18.0 Å². The maximum Gasteiger partial charge on any atom is 0.331 e. The Kier molecular flexibility index (Phi) is 5.82. The minimum Gasteiger partial charge on any atom is -0.339 e. The van der Waals surface area contributed by atoms with Crippen LogP contribution in [0, 0.1) is 6.92 Å². The summed E-state index contributed by atoms with van der Waals surface area (Å²) < 4.78 is 26.5. The number of carbonyl (C=O) groups is 2. The molecule has 0 radical (unpaired) electrons. The lowest BCUT2D eigenvalue weighted by Gasteiger charge is -2.34. The van der Waals surface area contributed by atoms with Gasteiger partial charge in [-0.25, -0.2) is 17.9 Å². The van der Waals surface area contributed by atoms with Crippen LogP contribution in [-0.4, -0.2) is 56.3 Å². The number of piperazine rings is 1. The molecular weight excluding hydrogens is 330 g/mol. The molecule has 0 saturated carbocycles. The molecule has 1 N–H and O–H groups in total. The molecule has 0 spiro atoms. The third kappa shape index (κ3) is 4.47. The van der Waals surface area contributed by atoms with Crippen LogP contribution >= 0.6 is 0 Å². The highest BCUT2D eigenvalue weighted by Crippen LogP contribution is 2.11. The third-order valence-electron chi connectivity index (χ3n) is 3.94. The van der Waals surface area contributed by atoms with Gasteiger partial charge in [0.25, 0.3) is 10.0 Å². The molecule has 3 amide bonds. The van der Waals surface area contributed by atoms with Gasteiger partial charge >= 0.3 is 6.03 Å². The SMILES string of the molecule is CCCC(=O)N1CCN(C(=O)NS(=O)(=O)c2ccc(C)cc2)CC1. The topological polar surface area (TPSA) is 86.8 Å². The molecule has 1 fully saturated rings. The first kappa shape index (κ1) is 18.3. The summed E-state index contributed by atoms with van der Waals surface area (Å²) in [6.45, 7) is 5.30. The van der Waals surface area contributed by atoms with E-state index in [1.165, 1.54) is 17.0 Å². The highest BCUT2D eigenvalue weighted by atomic mass is 32.2. The molecule has 0 atom stereocenters. The van der Waals surface area contributed by atoms with E-state index in [9.17, 15) is 18.0 Å². The first-order chi connectivity index (χ1) is 11.3. The predicted molar refractivity (Wildman–Crippen MR) is 90.0 cm³/mol. The van der Waals surface area contributed by atoms with Gasteiger partial charge in [0.05, 0.1) is 4.90 Å². The number of benzene rings is 1. The molecule has 0 aromatic heterocycles. The maximum absolute atomic E-state index is 12.2. The fourth-order valence-corrected chi connectivity index (χ4v) is 3.46. The standard InChI is InChI=1S/C16H23N3O4S/c1-3-4-15(20)18-9-11-19(12-10-18)16(21)17-24(22,23)14-7-5-13(2)6-8-14/h5-8H,3-4,9-12H2,1-2H3,(H,17,21). The van der Waals surface area contributed by atoms with Gasteiger partial charge in [0, 0.05) is 32.6 Å². The van der Waals surface area contributed by atoms with Crippen LogP contribution in [0.1, 0.15) is 25.3 Å². The molecule has 1 aromatic carbocycles. The van der Waals surface area contributed by atoms with E-state index in [1.54, 1.807) is 17.0 Å². The van der Waals surface area contributed by atoms with Gasteiger partial charge in [-0.1, -0.05) is 24.6 Å². The number of carbonyl (C=O) groups excluding carboxylic acids is 2. The molecule has 0 aliphatic carbocycles. The molecule has 0 unspecified atom stereocenters. The van der Waals surface area contributed by atoms with Crippen molar-refractivity contribution in [2.24, 2.45) is 0 Å². The van der Waals surface area contributed by atoms with Gasteiger partial charge in [-0.3, -0.25) is 4.79 Å². The molecule has 1 aliphatic heterocycles. The summed E-state index contributed by atoms with van der Waals surface area (Å²) in [5.41, 5.74) is 0.938. The van der Waals surface area contributed by atoms with Crippen LogP contribution in [0.2, 0.25) is 0 Å². The normalized spacial score (nSPS) is 15.2. The van der Waals surface area contributed by atoms with Crippen molar-refractivity contribution in [1.82, 2.24) is 14.5 Å². The van der Waals surface area contributed by atoms with Gasteiger partial charge in [0.15, 0.2) is 0 Å². The van der Waals surface area contributed by atoms with Gasteiger partial charge in [0.1, 0.15) is 0 Å². The second-order valence-electron chi connectivity index (χ2n) is 5.84. The second kappa shape index (κ2) is 7.65. The number of nitrogens with zero attached hydrogens (tertiary/aromatic N) is 2. The summed E-state index contributed by atoms with van der Waals surface area (Å²) in [5.74, 6) is 0.0739. The summed E-state index contributed by atoms with van der Waals surface area (Å²) in [5, 5.41) is 0. The zero-order valence-corrected chi connectivity index (χ0v) is 14.8. The van der Waals surface area contributed by atoms with Crippen molar-refractivity contribution in [3.8, 4) is 0 Å². The summed E-state index contributed by atoms with van der Waals surface area (Å²) >= 11 is 0. The Labute approximate surface area is 142 Å². The van der Waals surface area contributed by atoms with E-state index < -0.39 is 16.1 Å². The van der Waals surface area contributed by atoms with Gasteiger partial charge in [0.2, 0.25) is 5.91 Å². The van der Waals surface area contributed by atoms with E-state index >= 15 is 0 Å². The van der Waals surface area contributed by atoms with Crippen LogP contribution in [0.25, 0.3) is 0 Å².